The highest BCUT2D eigenvalue weighted by Gasteiger charge is 2.07. The molecule has 0 aliphatic rings. The standard InChI is InChI=1S/C13H22N2S/c1-3-16-12-8-6-11(7-9-12)13(15-2)5-4-10-14/h6-9,13,15H,3-5,10,14H2,1-2H3. The first-order valence-corrected chi connectivity index (χ1v) is 6.90. The number of hydrogen-bond acceptors (Lipinski definition) is 3. The van der Waals surface area contributed by atoms with Crippen LogP contribution in [0.3, 0.4) is 0 Å². The summed E-state index contributed by atoms with van der Waals surface area (Å²) >= 11 is 1.88. The predicted octanol–water partition coefficient (Wildman–Crippen LogP) is 2.80. The Morgan fingerprint density at radius 3 is 2.50 bits per heavy atom. The number of thioether (sulfide) groups is 1. The first-order chi connectivity index (χ1) is 7.81. The minimum Gasteiger partial charge on any atom is -0.330 e. The van der Waals surface area contributed by atoms with Crippen LogP contribution in [-0.4, -0.2) is 19.3 Å². The monoisotopic (exact) mass is 238 g/mol. The van der Waals surface area contributed by atoms with Gasteiger partial charge in [-0.1, -0.05) is 19.1 Å². The maximum Gasteiger partial charge on any atom is 0.0318 e. The second-order valence-corrected chi connectivity index (χ2v) is 5.11. The van der Waals surface area contributed by atoms with Crippen LogP contribution >= 0.6 is 11.8 Å². The molecule has 0 heterocycles. The van der Waals surface area contributed by atoms with Gasteiger partial charge in [-0.15, -0.1) is 11.8 Å². The highest BCUT2D eigenvalue weighted by Crippen LogP contribution is 2.22. The number of hydrogen-bond donors (Lipinski definition) is 2. The van der Waals surface area contributed by atoms with E-state index in [1.54, 1.807) is 0 Å². The van der Waals surface area contributed by atoms with Crippen molar-refractivity contribution >= 4 is 11.8 Å². The van der Waals surface area contributed by atoms with E-state index in [2.05, 4.69) is 36.5 Å². The molecule has 2 nitrogen and oxygen atoms in total. The summed E-state index contributed by atoms with van der Waals surface area (Å²) in [5.41, 5.74) is 6.90. The molecular formula is C13H22N2S. The van der Waals surface area contributed by atoms with E-state index in [-0.39, 0.29) is 0 Å². The molecule has 1 aromatic carbocycles. The molecule has 0 radical (unpaired) electrons. The summed E-state index contributed by atoms with van der Waals surface area (Å²) in [5.74, 6) is 1.13. The molecule has 0 saturated carbocycles. The zero-order valence-corrected chi connectivity index (χ0v) is 11.0. The third-order valence-corrected chi connectivity index (χ3v) is 3.53. The van der Waals surface area contributed by atoms with Crippen molar-refractivity contribution in [3.05, 3.63) is 29.8 Å². The maximum absolute atomic E-state index is 5.54. The fourth-order valence-electron chi connectivity index (χ4n) is 1.76. The van der Waals surface area contributed by atoms with Gasteiger partial charge in [-0.2, -0.15) is 0 Å². The molecule has 90 valence electrons. The van der Waals surface area contributed by atoms with E-state index in [1.165, 1.54) is 10.5 Å². The van der Waals surface area contributed by atoms with Crippen LogP contribution in [0.15, 0.2) is 29.2 Å². The zero-order chi connectivity index (χ0) is 11.8. The van der Waals surface area contributed by atoms with Crippen molar-refractivity contribution < 1.29 is 0 Å². The minimum atomic E-state index is 0.434. The summed E-state index contributed by atoms with van der Waals surface area (Å²) in [5, 5.41) is 3.34. The molecule has 3 heteroatoms. The summed E-state index contributed by atoms with van der Waals surface area (Å²) in [4.78, 5) is 1.35. The fourth-order valence-corrected chi connectivity index (χ4v) is 2.42. The van der Waals surface area contributed by atoms with Gasteiger partial charge in [-0.05, 0) is 49.9 Å². The lowest BCUT2D eigenvalue weighted by molar-refractivity contribution is 0.531. The molecule has 0 aliphatic carbocycles. The number of nitrogens with two attached hydrogens (primary N) is 1. The van der Waals surface area contributed by atoms with E-state index < -0.39 is 0 Å². The molecule has 0 aromatic heterocycles. The van der Waals surface area contributed by atoms with Crippen molar-refractivity contribution in [2.45, 2.75) is 30.7 Å². The highest BCUT2D eigenvalue weighted by molar-refractivity contribution is 7.99. The summed E-state index contributed by atoms with van der Waals surface area (Å²) in [6.07, 6.45) is 2.17. The first-order valence-electron chi connectivity index (χ1n) is 5.92. The zero-order valence-electron chi connectivity index (χ0n) is 10.2. The molecule has 0 bridgehead atoms. The van der Waals surface area contributed by atoms with E-state index in [1.807, 2.05) is 18.8 Å². The molecule has 1 rings (SSSR count). The molecule has 0 spiro atoms. The Bertz CT molecular complexity index is 284. The Balaban J connectivity index is 2.62. The lowest BCUT2D eigenvalue weighted by Gasteiger charge is -2.16. The van der Waals surface area contributed by atoms with Gasteiger partial charge in [0.15, 0.2) is 0 Å². The number of nitrogens with one attached hydrogen (secondary N) is 1. The van der Waals surface area contributed by atoms with E-state index in [4.69, 9.17) is 5.73 Å². The smallest absolute Gasteiger partial charge is 0.0318 e. The topological polar surface area (TPSA) is 38.0 Å². The molecule has 3 N–H and O–H groups in total. The van der Waals surface area contributed by atoms with Gasteiger partial charge in [0.25, 0.3) is 0 Å². The average molecular weight is 238 g/mol. The van der Waals surface area contributed by atoms with Crippen LogP contribution in [0, 0.1) is 0 Å². The lowest BCUT2D eigenvalue weighted by atomic mass is 10.0. The molecule has 0 saturated heterocycles. The maximum atomic E-state index is 5.54. The molecular weight excluding hydrogens is 216 g/mol. The first kappa shape index (κ1) is 13.6. The normalized spacial score (nSPS) is 12.7. The molecule has 1 atom stereocenters. The predicted molar refractivity (Wildman–Crippen MR) is 72.9 cm³/mol. The third-order valence-electron chi connectivity index (χ3n) is 2.64. The van der Waals surface area contributed by atoms with Gasteiger partial charge in [0, 0.05) is 10.9 Å². The Morgan fingerprint density at radius 2 is 2.00 bits per heavy atom. The Hall–Kier alpha value is -0.510. The van der Waals surface area contributed by atoms with Crippen molar-refractivity contribution in [1.29, 1.82) is 0 Å². The second kappa shape index (κ2) is 7.71. The largest absolute Gasteiger partial charge is 0.330 e. The third kappa shape index (κ3) is 4.16. The average Bonchev–Trinajstić information content (AvgIpc) is 2.32. The highest BCUT2D eigenvalue weighted by atomic mass is 32.2. The Morgan fingerprint density at radius 1 is 1.31 bits per heavy atom. The molecule has 0 aliphatic heterocycles. The van der Waals surface area contributed by atoms with Crippen LogP contribution in [0.5, 0.6) is 0 Å². The fraction of sp³-hybridized carbons (Fsp3) is 0.538. The van der Waals surface area contributed by atoms with Gasteiger partial charge in [0.1, 0.15) is 0 Å². The van der Waals surface area contributed by atoms with Crippen molar-refractivity contribution in [2.75, 3.05) is 19.3 Å². The van der Waals surface area contributed by atoms with Gasteiger partial charge in [0.05, 0.1) is 0 Å². The van der Waals surface area contributed by atoms with Crippen LogP contribution in [-0.2, 0) is 0 Å². The minimum absolute atomic E-state index is 0.434. The summed E-state index contributed by atoms with van der Waals surface area (Å²) in [7, 11) is 2.01. The quantitative estimate of drug-likeness (QED) is 0.717. The second-order valence-electron chi connectivity index (χ2n) is 3.77. The summed E-state index contributed by atoms with van der Waals surface area (Å²) in [6, 6.07) is 9.28. The van der Waals surface area contributed by atoms with Crippen LogP contribution in [0.4, 0.5) is 0 Å². The lowest BCUT2D eigenvalue weighted by Crippen LogP contribution is -2.17. The van der Waals surface area contributed by atoms with Crippen molar-refractivity contribution in [2.24, 2.45) is 5.73 Å². The Labute approximate surface area is 103 Å². The van der Waals surface area contributed by atoms with Crippen LogP contribution in [0.25, 0.3) is 0 Å². The van der Waals surface area contributed by atoms with Crippen molar-refractivity contribution in [1.82, 2.24) is 5.32 Å². The number of benzene rings is 1. The van der Waals surface area contributed by atoms with Crippen LogP contribution in [0.1, 0.15) is 31.4 Å². The molecule has 16 heavy (non-hydrogen) atoms. The van der Waals surface area contributed by atoms with Gasteiger partial charge in [-0.25, -0.2) is 0 Å². The van der Waals surface area contributed by atoms with E-state index >= 15 is 0 Å². The van der Waals surface area contributed by atoms with Crippen LogP contribution in [0.2, 0.25) is 0 Å². The van der Waals surface area contributed by atoms with Gasteiger partial charge >= 0.3 is 0 Å². The Kier molecular flexibility index (Phi) is 6.53. The SMILES string of the molecule is CCSc1ccc(C(CCCN)NC)cc1. The molecule has 1 aromatic rings. The summed E-state index contributed by atoms with van der Waals surface area (Å²) in [6.45, 7) is 2.94. The number of rotatable bonds is 7. The van der Waals surface area contributed by atoms with Crippen LogP contribution < -0.4 is 11.1 Å². The molecule has 0 fully saturated rings. The molecule has 0 amide bonds. The molecule has 1 unspecified atom stereocenters. The van der Waals surface area contributed by atoms with Crippen molar-refractivity contribution in [3.63, 3.8) is 0 Å². The van der Waals surface area contributed by atoms with Gasteiger partial charge < -0.3 is 11.1 Å². The van der Waals surface area contributed by atoms with Crippen molar-refractivity contribution in [3.8, 4) is 0 Å². The van der Waals surface area contributed by atoms with Gasteiger partial charge in [-0.3, -0.25) is 0 Å². The van der Waals surface area contributed by atoms with E-state index in [0.29, 0.717) is 6.04 Å². The summed E-state index contributed by atoms with van der Waals surface area (Å²) < 4.78 is 0. The van der Waals surface area contributed by atoms with E-state index in [0.717, 1.165) is 25.1 Å². The van der Waals surface area contributed by atoms with E-state index in [9.17, 15) is 0 Å². The van der Waals surface area contributed by atoms with Gasteiger partial charge in [0.2, 0.25) is 0 Å².